The van der Waals surface area contributed by atoms with Crippen molar-refractivity contribution in [3.05, 3.63) is 48.2 Å². The first-order valence-corrected chi connectivity index (χ1v) is 8.41. The van der Waals surface area contributed by atoms with Gasteiger partial charge in [-0.3, -0.25) is 9.88 Å². The highest BCUT2D eigenvalue weighted by Crippen LogP contribution is 2.18. The first kappa shape index (κ1) is 15.0. The molecular formula is C17H21N7. The van der Waals surface area contributed by atoms with Crippen molar-refractivity contribution in [2.75, 3.05) is 31.1 Å². The van der Waals surface area contributed by atoms with Crippen molar-refractivity contribution in [3.63, 3.8) is 0 Å². The maximum atomic E-state index is 4.50. The van der Waals surface area contributed by atoms with E-state index in [0.29, 0.717) is 0 Å². The van der Waals surface area contributed by atoms with Crippen LogP contribution in [-0.4, -0.2) is 55.9 Å². The van der Waals surface area contributed by atoms with Gasteiger partial charge in [-0.15, -0.1) is 10.2 Å². The number of hydrogen-bond acceptors (Lipinski definition) is 6. The monoisotopic (exact) mass is 323 g/mol. The zero-order valence-corrected chi connectivity index (χ0v) is 13.8. The molecule has 4 heterocycles. The highest BCUT2D eigenvalue weighted by atomic mass is 15.4. The number of rotatable bonds is 4. The van der Waals surface area contributed by atoms with Crippen molar-refractivity contribution in [2.45, 2.75) is 19.9 Å². The van der Waals surface area contributed by atoms with E-state index in [1.807, 2.05) is 29.0 Å². The van der Waals surface area contributed by atoms with Crippen molar-refractivity contribution in [1.29, 1.82) is 0 Å². The van der Waals surface area contributed by atoms with Crippen LogP contribution in [0.2, 0.25) is 0 Å². The predicted octanol–water partition coefficient (Wildman–Crippen LogP) is 1.40. The summed E-state index contributed by atoms with van der Waals surface area (Å²) in [6.07, 6.45) is 4.61. The third kappa shape index (κ3) is 2.94. The number of aromatic nitrogens is 5. The summed E-state index contributed by atoms with van der Waals surface area (Å²) in [7, 11) is 0. The molecule has 7 heteroatoms. The van der Waals surface area contributed by atoms with E-state index < -0.39 is 0 Å². The van der Waals surface area contributed by atoms with Gasteiger partial charge in [0.15, 0.2) is 11.5 Å². The van der Waals surface area contributed by atoms with Gasteiger partial charge in [-0.25, -0.2) is 0 Å². The van der Waals surface area contributed by atoms with Crippen molar-refractivity contribution in [1.82, 2.24) is 29.7 Å². The molecule has 4 rings (SSSR count). The highest BCUT2D eigenvalue weighted by molar-refractivity contribution is 5.54. The summed E-state index contributed by atoms with van der Waals surface area (Å²) < 4.78 is 1.82. The van der Waals surface area contributed by atoms with E-state index in [4.69, 9.17) is 0 Å². The molecule has 1 fully saturated rings. The van der Waals surface area contributed by atoms with Crippen LogP contribution in [0.3, 0.4) is 0 Å². The SMILES string of the molecule is CCc1nnc2cc(N3CCN(Cc4ccccn4)CC3)cnn12. The van der Waals surface area contributed by atoms with Crippen LogP contribution in [0.15, 0.2) is 36.7 Å². The summed E-state index contributed by atoms with van der Waals surface area (Å²) in [6, 6.07) is 8.16. The van der Waals surface area contributed by atoms with Crippen LogP contribution in [0.1, 0.15) is 18.4 Å². The van der Waals surface area contributed by atoms with Gasteiger partial charge in [0.2, 0.25) is 0 Å². The van der Waals surface area contributed by atoms with Crippen LogP contribution in [0.25, 0.3) is 5.65 Å². The molecule has 0 saturated carbocycles. The van der Waals surface area contributed by atoms with Crippen molar-refractivity contribution in [2.24, 2.45) is 0 Å². The Hall–Kier alpha value is -2.54. The Bertz CT molecular complexity index is 806. The molecule has 124 valence electrons. The van der Waals surface area contributed by atoms with Gasteiger partial charge in [0.05, 0.1) is 17.6 Å². The van der Waals surface area contributed by atoms with Crippen molar-refractivity contribution in [3.8, 4) is 0 Å². The van der Waals surface area contributed by atoms with Gasteiger partial charge >= 0.3 is 0 Å². The second-order valence-electron chi connectivity index (χ2n) is 6.04. The lowest BCUT2D eigenvalue weighted by molar-refractivity contribution is 0.247. The van der Waals surface area contributed by atoms with Crippen molar-refractivity contribution < 1.29 is 0 Å². The summed E-state index contributed by atoms with van der Waals surface area (Å²) >= 11 is 0. The van der Waals surface area contributed by atoms with Gasteiger partial charge in [-0.2, -0.15) is 9.61 Å². The molecule has 0 atom stereocenters. The number of pyridine rings is 1. The first-order chi connectivity index (χ1) is 11.8. The Morgan fingerprint density at radius 1 is 1.08 bits per heavy atom. The Labute approximate surface area is 140 Å². The number of fused-ring (bicyclic) bond motifs is 1. The minimum Gasteiger partial charge on any atom is -0.368 e. The molecule has 0 aromatic carbocycles. The third-order valence-corrected chi connectivity index (χ3v) is 4.48. The van der Waals surface area contributed by atoms with Crippen LogP contribution in [0.4, 0.5) is 5.69 Å². The lowest BCUT2D eigenvalue weighted by Gasteiger charge is -2.35. The molecule has 0 aliphatic carbocycles. The van der Waals surface area contributed by atoms with Crippen LogP contribution in [0.5, 0.6) is 0 Å². The van der Waals surface area contributed by atoms with Gasteiger partial charge in [0.25, 0.3) is 0 Å². The number of hydrogen-bond donors (Lipinski definition) is 0. The Morgan fingerprint density at radius 3 is 2.71 bits per heavy atom. The van der Waals surface area contributed by atoms with E-state index in [1.54, 1.807) is 0 Å². The van der Waals surface area contributed by atoms with Gasteiger partial charge in [0.1, 0.15) is 0 Å². The second-order valence-corrected chi connectivity index (χ2v) is 6.04. The summed E-state index contributed by atoms with van der Waals surface area (Å²) in [6.45, 7) is 6.99. The Morgan fingerprint density at radius 2 is 1.96 bits per heavy atom. The fraction of sp³-hybridized carbons (Fsp3) is 0.412. The van der Waals surface area contributed by atoms with Gasteiger partial charge < -0.3 is 4.90 Å². The molecule has 0 unspecified atom stereocenters. The van der Waals surface area contributed by atoms with E-state index in [-0.39, 0.29) is 0 Å². The molecule has 24 heavy (non-hydrogen) atoms. The second kappa shape index (κ2) is 6.52. The molecule has 1 saturated heterocycles. The molecule has 1 aliphatic heterocycles. The maximum absolute atomic E-state index is 4.50. The normalized spacial score (nSPS) is 16.0. The predicted molar refractivity (Wildman–Crippen MR) is 91.9 cm³/mol. The van der Waals surface area contributed by atoms with Crippen LogP contribution in [-0.2, 0) is 13.0 Å². The molecule has 0 radical (unpaired) electrons. The largest absolute Gasteiger partial charge is 0.368 e. The van der Waals surface area contributed by atoms with Gasteiger partial charge in [-0.1, -0.05) is 13.0 Å². The maximum Gasteiger partial charge on any atom is 0.179 e. The Kier molecular flexibility index (Phi) is 4.08. The summed E-state index contributed by atoms with van der Waals surface area (Å²) in [5, 5.41) is 12.9. The van der Waals surface area contributed by atoms with E-state index >= 15 is 0 Å². The molecule has 1 aliphatic rings. The fourth-order valence-corrected chi connectivity index (χ4v) is 3.11. The first-order valence-electron chi connectivity index (χ1n) is 8.41. The summed E-state index contributed by atoms with van der Waals surface area (Å²) in [5.41, 5.74) is 3.07. The molecule has 0 N–H and O–H groups in total. The smallest absolute Gasteiger partial charge is 0.179 e. The van der Waals surface area contributed by atoms with Gasteiger partial charge in [-0.05, 0) is 12.1 Å². The van der Waals surface area contributed by atoms with E-state index in [0.717, 1.165) is 62.0 Å². The van der Waals surface area contributed by atoms with Crippen LogP contribution >= 0.6 is 0 Å². The summed E-state index contributed by atoms with van der Waals surface area (Å²) in [5.74, 6) is 0.900. The number of nitrogens with zero attached hydrogens (tertiary/aromatic N) is 7. The quantitative estimate of drug-likeness (QED) is 0.723. The van der Waals surface area contributed by atoms with Gasteiger partial charge in [0, 0.05) is 51.4 Å². The Balaban J connectivity index is 1.42. The van der Waals surface area contributed by atoms with Crippen LogP contribution < -0.4 is 4.90 Å². The zero-order chi connectivity index (χ0) is 16.4. The van der Waals surface area contributed by atoms with E-state index in [2.05, 4.69) is 49.1 Å². The van der Waals surface area contributed by atoms with E-state index in [1.165, 1.54) is 0 Å². The molecule has 3 aromatic heterocycles. The third-order valence-electron chi connectivity index (χ3n) is 4.48. The molecule has 0 spiro atoms. The standard InChI is InChI=1S/C17H21N7/c1-2-16-20-21-17-11-15(12-19-24(16)17)23-9-7-22(8-10-23)13-14-5-3-4-6-18-14/h3-6,11-12H,2,7-10,13H2,1H3. The average molecular weight is 323 g/mol. The molecular weight excluding hydrogens is 302 g/mol. The molecule has 0 amide bonds. The lowest BCUT2D eigenvalue weighted by atomic mass is 10.2. The molecule has 7 nitrogen and oxygen atoms in total. The number of anilines is 1. The minimum absolute atomic E-state index is 0.820. The molecule has 0 bridgehead atoms. The van der Waals surface area contributed by atoms with Crippen molar-refractivity contribution >= 4 is 11.3 Å². The average Bonchev–Trinajstić information content (AvgIpc) is 3.05. The lowest BCUT2D eigenvalue weighted by Crippen LogP contribution is -2.46. The minimum atomic E-state index is 0.820. The number of aryl methyl sites for hydroxylation is 1. The van der Waals surface area contributed by atoms with Crippen LogP contribution in [0, 0.1) is 0 Å². The topological polar surface area (TPSA) is 62.5 Å². The molecule has 3 aromatic rings. The number of piperazine rings is 1. The van der Waals surface area contributed by atoms with E-state index in [9.17, 15) is 0 Å². The zero-order valence-electron chi connectivity index (χ0n) is 13.8. The summed E-state index contributed by atoms with van der Waals surface area (Å²) in [4.78, 5) is 9.22. The fourth-order valence-electron chi connectivity index (χ4n) is 3.11. The highest BCUT2D eigenvalue weighted by Gasteiger charge is 2.18.